The average molecular weight is 313 g/mol. The first-order valence-corrected chi connectivity index (χ1v) is 5.22. The minimum Gasteiger partial charge on any atom is -0.447 e. The summed E-state index contributed by atoms with van der Waals surface area (Å²) in [7, 11) is 0. The van der Waals surface area contributed by atoms with E-state index in [1.807, 2.05) is 12.1 Å². The van der Waals surface area contributed by atoms with Crippen molar-refractivity contribution in [1.29, 1.82) is 0 Å². The monoisotopic (exact) mass is 311 g/mol. The summed E-state index contributed by atoms with van der Waals surface area (Å²) < 4.78 is 5.61. The van der Waals surface area contributed by atoms with E-state index in [0.29, 0.717) is 11.6 Å². The number of ether oxygens (including phenoxy) is 1. The fourth-order valence-corrected chi connectivity index (χ4v) is 1.81. The minimum absolute atomic E-state index is 0. The third-order valence-electron chi connectivity index (χ3n) is 2.02. The number of hydrogen-bond donors (Lipinski definition) is 1. The van der Waals surface area contributed by atoms with Gasteiger partial charge < -0.3 is 10.1 Å². The van der Waals surface area contributed by atoms with E-state index in [4.69, 9.17) is 16.3 Å². The number of carbonyl (C=O) groups is 1. The summed E-state index contributed by atoms with van der Waals surface area (Å²) in [5.41, 5.74) is 0.979. The maximum absolute atomic E-state index is 10.8. The van der Waals surface area contributed by atoms with Crippen LogP contribution in [-0.2, 0) is 4.74 Å². The number of carbonyl (C=O) groups excluding carboxylic acids is 1. The second kappa shape index (κ2) is 5.05. The van der Waals surface area contributed by atoms with Crippen molar-refractivity contribution < 1.29 is 9.53 Å². The number of hydrogen-bond acceptors (Lipinski definition) is 2. The Morgan fingerprint density at radius 1 is 1.53 bits per heavy atom. The molecule has 0 radical (unpaired) electrons. The number of cyclic esters (lactones) is 1. The van der Waals surface area contributed by atoms with Gasteiger partial charge in [0.25, 0.3) is 0 Å². The summed E-state index contributed by atoms with van der Waals surface area (Å²) in [6, 6.07) is 5.45. The second-order valence-electron chi connectivity index (χ2n) is 2.97. The van der Waals surface area contributed by atoms with E-state index in [9.17, 15) is 4.79 Å². The predicted molar refractivity (Wildman–Crippen MR) is 63.6 cm³/mol. The Labute approximate surface area is 107 Å². The van der Waals surface area contributed by atoms with Gasteiger partial charge in [-0.05, 0) is 33.6 Å². The van der Waals surface area contributed by atoms with E-state index in [2.05, 4.69) is 21.2 Å². The van der Waals surface area contributed by atoms with Crippen LogP contribution in [0.25, 0.3) is 0 Å². The molecule has 1 heterocycles. The van der Waals surface area contributed by atoms with Crippen LogP contribution in [0.5, 0.6) is 0 Å². The smallest absolute Gasteiger partial charge is 0.407 e. The van der Waals surface area contributed by atoms with E-state index in [1.54, 1.807) is 6.07 Å². The zero-order chi connectivity index (χ0) is 10.1. The standard InChI is InChI=1S/C9H7BrClNO2.ClH/c10-6-3-5(1-2-7(6)11)8-4-14-9(13)12-8;/h1-3,8H,4H2,(H,12,13);1H/t8-;/m1./s1. The molecule has 1 saturated heterocycles. The van der Waals surface area contributed by atoms with Crippen LogP contribution in [-0.4, -0.2) is 12.7 Å². The third kappa shape index (κ3) is 2.77. The number of benzene rings is 1. The maximum Gasteiger partial charge on any atom is 0.407 e. The lowest BCUT2D eigenvalue weighted by Crippen LogP contribution is -2.18. The molecule has 82 valence electrons. The lowest BCUT2D eigenvalue weighted by Gasteiger charge is -2.08. The Hall–Kier alpha value is -0.450. The fourth-order valence-electron chi connectivity index (χ4n) is 1.29. The first-order valence-electron chi connectivity index (χ1n) is 4.05. The zero-order valence-corrected chi connectivity index (χ0v) is 10.7. The van der Waals surface area contributed by atoms with Crippen LogP contribution in [0.1, 0.15) is 11.6 Å². The summed E-state index contributed by atoms with van der Waals surface area (Å²) in [5, 5.41) is 3.34. The van der Waals surface area contributed by atoms with Crippen LogP contribution in [0.2, 0.25) is 5.02 Å². The van der Waals surface area contributed by atoms with Crippen LogP contribution in [0.4, 0.5) is 4.79 Å². The highest BCUT2D eigenvalue weighted by Gasteiger charge is 2.23. The van der Waals surface area contributed by atoms with Crippen molar-refractivity contribution in [1.82, 2.24) is 5.32 Å². The largest absolute Gasteiger partial charge is 0.447 e. The van der Waals surface area contributed by atoms with Crippen LogP contribution < -0.4 is 5.32 Å². The van der Waals surface area contributed by atoms with Crippen LogP contribution in [0, 0.1) is 0 Å². The summed E-state index contributed by atoms with van der Waals surface area (Å²) in [5.74, 6) is 0. The molecule has 1 atom stereocenters. The first kappa shape index (κ1) is 12.6. The molecular formula is C9H8BrCl2NO2. The van der Waals surface area contributed by atoms with Gasteiger partial charge in [-0.3, -0.25) is 0 Å². The Balaban J connectivity index is 0.00000112. The van der Waals surface area contributed by atoms with E-state index >= 15 is 0 Å². The molecule has 1 aliphatic rings. The molecular weight excluding hydrogens is 305 g/mol. The molecule has 1 aliphatic heterocycles. The molecule has 1 aromatic carbocycles. The first-order chi connectivity index (χ1) is 6.66. The maximum atomic E-state index is 10.8. The Morgan fingerprint density at radius 2 is 2.27 bits per heavy atom. The molecule has 3 nitrogen and oxygen atoms in total. The van der Waals surface area contributed by atoms with Gasteiger partial charge in [0.1, 0.15) is 6.61 Å². The number of halogens is 3. The molecule has 1 N–H and O–H groups in total. The van der Waals surface area contributed by atoms with E-state index in [0.717, 1.165) is 10.0 Å². The van der Waals surface area contributed by atoms with Crippen molar-refractivity contribution in [3.8, 4) is 0 Å². The molecule has 15 heavy (non-hydrogen) atoms. The van der Waals surface area contributed by atoms with E-state index < -0.39 is 0 Å². The van der Waals surface area contributed by atoms with Crippen LogP contribution in [0.15, 0.2) is 22.7 Å². The highest BCUT2D eigenvalue weighted by molar-refractivity contribution is 9.10. The van der Waals surface area contributed by atoms with Gasteiger partial charge in [-0.25, -0.2) is 4.79 Å². The van der Waals surface area contributed by atoms with Gasteiger partial charge >= 0.3 is 6.09 Å². The predicted octanol–water partition coefficient (Wildman–Crippen LogP) is 3.31. The molecule has 0 bridgehead atoms. The van der Waals surface area contributed by atoms with Gasteiger partial charge in [0.2, 0.25) is 0 Å². The van der Waals surface area contributed by atoms with Crippen molar-refractivity contribution in [2.75, 3.05) is 6.61 Å². The van der Waals surface area contributed by atoms with Gasteiger partial charge in [-0.15, -0.1) is 12.4 Å². The van der Waals surface area contributed by atoms with Crippen molar-refractivity contribution in [2.24, 2.45) is 0 Å². The molecule has 0 saturated carbocycles. The Morgan fingerprint density at radius 3 is 2.80 bits per heavy atom. The number of nitrogens with one attached hydrogen (secondary N) is 1. The van der Waals surface area contributed by atoms with E-state index in [1.165, 1.54) is 0 Å². The average Bonchev–Trinajstić information content (AvgIpc) is 2.57. The summed E-state index contributed by atoms with van der Waals surface area (Å²) in [4.78, 5) is 10.8. The molecule has 1 aromatic rings. The molecule has 1 fully saturated rings. The quantitative estimate of drug-likeness (QED) is 0.864. The van der Waals surface area contributed by atoms with Crippen LogP contribution in [0.3, 0.4) is 0 Å². The summed E-state index contributed by atoms with van der Waals surface area (Å²) in [6.45, 7) is 0.368. The Kier molecular flexibility index (Phi) is 4.25. The molecule has 0 aromatic heterocycles. The summed E-state index contributed by atoms with van der Waals surface area (Å²) >= 11 is 9.17. The minimum atomic E-state index is -0.374. The molecule has 0 unspecified atom stereocenters. The lowest BCUT2D eigenvalue weighted by atomic mass is 10.1. The fraction of sp³-hybridized carbons (Fsp3) is 0.222. The van der Waals surface area contributed by atoms with Gasteiger partial charge in [0.05, 0.1) is 11.1 Å². The molecule has 0 aliphatic carbocycles. The number of amides is 1. The highest BCUT2D eigenvalue weighted by Crippen LogP contribution is 2.27. The molecule has 2 rings (SSSR count). The van der Waals surface area contributed by atoms with Crippen molar-refractivity contribution in [2.45, 2.75) is 6.04 Å². The molecule has 0 spiro atoms. The highest BCUT2D eigenvalue weighted by atomic mass is 79.9. The van der Waals surface area contributed by atoms with Crippen molar-refractivity contribution in [3.05, 3.63) is 33.3 Å². The summed E-state index contributed by atoms with van der Waals surface area (Å²) in [6.07, 6.45) is -0.374. The molecule has 6 heteroatoms. The SMILES string of the molecule is Cl.O=C1N[C@@H](c2ccc(Cl)c(Br)c2)CO1. The molecule has 1 amide bonds. The van der Waals surface area contributed by atoms with Gasteiger partial charge in [-0.1, -0.05) is 17.7 Å². The van der Waals surface area contributed by atoms with Crippen LogP contribution >= 0.6 is 39.9 Å². The van der Waals surface area contributed by atoms with Crippen molar-refractivity contribution >= 4 is 46.0 Å². The Bertz CT molecular complexity index is 386. The van der Waals surface area contributed by atoms with Gasteiger partial charge in [0, 0.05) is 4.47 Å². The number of rotatable bonds is 1. The van der Waals surface area contributed by atoms with Gasteiger partial charge in [-0.2, -0.15) is 0 Å². The number of alkyl carbamates (subject to hydrolysis) is 1. The van der Waals surface area contributed by atoms with Crippen molar-refractivity contribution in [3.63, 3.8) is 0 Å². The zero-order valence-electron chi connectivity index (χ0n) is 7.50. The third-order valence-corrected chi connectivity index (χ3v) is 3.23. The van der Waals surface area contributed by atoms with E-state index in [-0.39, 0.29) is 24.5 Å². The second-order valence-corrected chi connectivity index (χ2v) is 4.23. The topological polar surface area (TPSA) is 38.3 Å². The van der Waals surface area contributed by atoms with Gasteiger partial charge in [0.15, 0.2) is 0 Å². The normalized spacial score (nSPS) is 19.1. The lowest BCUT2D eigenvalue weighted by molar-refractivity contribution is 0.177.